The van der Waals surface area contributed by atoms with E-state index in [4.69, 9.17) is 10.6 Å². The number of ether oxygens (including phenoxy) is 1. The van der Waals surface area contributed by atoms with E-state index in [2.05, 4.69) is 17.0 Å². The minimum atomic E-state index is -0.699. The van der Waals surface area contributed by atoms with Crippen molar-refractivity contribution in [2.24, 2.45) is 5.84 Å². The van der Waals surface area contributed by atoms with Crippen molar-refractivity contribution in [2.75, 3.05) is 12.0 Å². The zero-order valence-corrected chi connectivity index (χ0v) is 10.1. The molecule has 19 heavy (non-hydrogen) atoms. The Bertz CT molecular complexity index is 691. The monoisotopic (exact) mass is 259 g/mol. The van der Waals surface area contributed by atoms with E-state index in [1.807, 2.05) is 0 Å². The number of hydrogen-bond acceptors (Lipinski definition) is 5. The van der Waals surface area contributed by atoms with Crippen LogP contribution in [0.4, 0.5) is 5.69 Å². The Morgan fingerprint density at radius 3 is 3.00 bits per heavy atom. The van der Waals surface area contributed by atoms with Gasteiger partial charge < -0.3 is 15.1 Å². The number of esters is 1. The summed E-state index contributed by atoms with van der Waals surface area (Å²) >= 11 is 0. The highest BCUT2D eigenvalue weighted by molar-refractivity contribution is 5.97. The number of rotatable bonds is 4. The highest BCUT2D eigenvalue weighted by Gasteiger charge is 2.15. The Labute approximate surface area is 108 Å². The van der Waals surface area contributed by atoms with Crippen molar-refractivity contribution >= 4 is 22.6 Å². The van der Waals surface area contributed by atoms with Crippen molar-refractivity contribution in [2.45, 2.75) is 0 Å². The molecule has 6 nitrogen and oxygen atoms in total. The molecule has 0 saturated heterocycles. The first-order valence-electron chi connectivity index (χ1n) is 5.58. The molecule has 0 aliphatic carbocycles. The van der Waals surface area contributed by atoms with Crippen LogP contribution in [0, 0.1) is 0 Å². The predicted molar refractivity (Wildman–Crippen MR) is 72.9 cm³/mol. The van der Waals surface area contributed by atoms with Gasteiger partial charge >= 0.3 is 5.97 Å². The lowest BCUT2D eigenvalue weighted by Crippen LogP contribution is -2.20. The molecular weight excluding hydrogens is 246 g/mol. The lowest BCUT2D eigenvalue weighted by molar-refractivity contribution is 0.0548. The number of carbonyl (C=O) groups excluding carboxylic acids is 1. The van der Waals surface area contributed by atoms with E-state index in [1.165, 1.54) is 12.3 Å². The second kappa shape index (κ2) is 5.36. The van der Waals surface area contributed by atoms with Crippen LogP contribution in [0.15, 0.2) is 41.8 Å². The van der Waals surface area contributed by atoms with Gasteiger partial charge in [0.15, 0.2) is 0 Å². The number of H-pyrrole nitrogens is 1. The van der Waals surface area contributed by atoms with Crippen LogP contribution in [0.5, 0.6) is 0 Å². The van der Waals surface area contributed by atoms with E-state index in [1.54, 1.807) is 18.2 Å². The number of hydrogen-bond donors (Lipinski definition) is 3. The maximum absolute atomic E-state index is 12.3. The van der Waals surface area contributed by atoms with Gasteiger partial charge in [-0.2, -0.15) is 0 Å². The van der Waals surface area contributed by atoms with Gasteiger partial charge in [0.05, 0.1) is 16.6 Å². The molecule has 0 bridgehead atoms. The maximum atomic E-state index is 12.3. The normalized spacial score (nSPS) is 10.2. The van der Waals surface area contributed by atoms with Gasteiger partial charge in [0.25, 0.3) is 0 Å². The van der Waals surface area contributed by atoms with Crippen molar-refractivity contribution in [3.8, 4) is 0 Å². The van der Waals surface area contributed by atoms with Gasteiger partial charge in [-0.1, -0.05) is 18.7 Å². The van der Waals surface area contributed by atoms with E-state index in [0.29, 0.717) is 16.6 Å². The van der Waals surface area contributed by atoms with E-state index in [0.717, 1.165) is 0 Å². The zero-order valence-electron chi connectivity index (χ0n) is 10.1. The van der Waals surface area contributed by atoms with Crippen LogP contribution >= 0.6 is 0 Å². The molecule has 0 fully saturated rings. The largest absolute Gasteiger partial charge is 0.458 e. The minimum absolute atomic E-state index is 0.0487. The van der Waals surface area contributed by atoms with Crippen LogP contribution in [0.2, 0.25) is 0 Å². The van der Waals surface area contributed by atoms with Crippen molar-refractivity contribution in [3.63, 3.8) is 0 Å². The lowest BCUT2D eigenvalue weighted by Gasteiger charge is -2.07. The number of pyridine rings is 1. The first-order chi connectivity index (χ1) is 9.19. The molecule has 6 heteroatoms. The maximum Gasteiger partial charge on any atom is 0.343 e. The summed E-state index contributed by atoms with van der Waals surface area (Å²) in [5, 5.41) is 0.318. The predicted octanol–water partition coefficient (Wildman–Crippen LogP) is 1.16. The highest BCUT2D eigenvalue weighted by Crippen LogP contribution is 2.17. The molecule has 2 rings (SSSR count). The van der Waals surface area contributed by atoms with Crippen molar-refractivity contribution in [3.05, 3.63) is 52.8 Å². The average Bonchev–Trinajstić information content (AvgIpc) is 2.44. The summed E-state index contributed by atoms with van der Waals surface area (Å²) in [6.07, 6.45) is 2.76. The van der Waals surface area contributed by atoms with E-state index < -0.39 is 11.4 Å². The molecule has 98 valence electrons. The second-order valence-electron chi connectivity index (χ2n) is 3.79. The SMILES string of the molecule is C=CCOC(=O)c1c[nH]c2cccc(NN)c2c1=O. The van der Waals surface area contributed by atoms with Gasteiger partial charge in [-0.05, 0) is 12.1 Å². The van der Waals surface area contributed by atoms with Crippen LogP contribution in [0.25, 0.3) is 10.9 Å². The Balaban J connectivity index is 2.59. The summed E-state index contributed by atoms with van der Waals surface area (Å²) in [4.78, 5) is 26.9. The lowest BCUT2D eigenvalue weighted by atomic mass is 10.1. The summed E-state index contributed by atoms with van der Waals surface area (Å²) in [7, 11) is 0. The number of benzene rings is 1. The Morgan fingerprint density at radius 2 is 2.32 bits per heavy atom. The van der Waals surface area contributed by atoms with Crippen molar-refractivity contribution in [1.29, 1.82) is 0 Å². The summed E-state index contributed by atoms with van der Waals surface area (Å²) < 4.78 is 4.85. The number of carbonyl (C=O) groups is 1. The molecule has 0 spiro atoms. The fraction of sp³-hybridized carbons (Fsp3) is 0.0769. The number of nitrogens with two attached hydrogens (primary N) is 1. The highest BCUT2D eigenvalue weighted by atomic mass is 16.5. The fourth-order valence-corrected chi connectivity index (χ4v) is 1.75. The Morgan fingerprint density at radius 1 is 1.53 bits per heavy atom. The molecule has 0 aliphatic rings. The molecule has 2 aromatic rings. The van der Waals surface area contributed by atoms with E-state index in [-0.39, 0.29) is 12.2 Å². The summed E-state index contributed by atoms with van der Waals surface area (Å²) in [6.45, 7) is 3.49. The van der Waals surface area contributed by atoms with Gasteiger partial charge in [0, 0.05) is 6.20 Å². The minimum Gasteiger partial charge on any atom is -0.458 e. The van der Waals surface area contributed by atoms with Gasteiger partial charge in [-0.25, -0.2) is 4.79 Å². The molecule has 0 saturated carbocycles. The van der Waals surface area contributed by atoms with Gasteiger partial charge in [0.2, 0.25) is 5.43 Å². The Hall–Kier alpha value is -2.60. The topological polar surface area (TPSA) is 97.2 Å². The molecule has 4 N–H and O–H groups in total. The van der Waals surface area contributed by atoms with Gasteiger partial charge in [-0.3, -0.25) is 10.6 Å². The number of nitrogens with one attached hydrogen (secondary N) is 2. The molecule has 0 radical (unpaired) electrons. The molecular formula is C13H13N3O3. The van der Waals surface area contributed by atoms with Gasteiger partial charge in [-0.15, -0.1) is 0 Å². The number of aromatic nitrogens is 1. The standard InChI is InChI=1S/C13H13N3O3/c1-2-6-19-13(18)8-7-15-9-4-3-5-10(16-14)11(9)12(8)17/h2-5,7,16H,1,6,14H2,(H,15,17). The van der Waals surface area contributed by atoms with Crippen molar-refractivity contribution < 1.29 is 9.53 Å². The molecule has 0 amide bonds. The Kier molecular flexibility index (Phi) is 3.63. The number of hydrazine groups is 1. The number of nitrogen functional groups attached to an aromatic ring is 1. The number of fused-ring (bicyclic) bond motifs is 1. The first kappa shape index (κ1) is 12.8. The molecule has 0 aliphatic heterocycles. The van der Waals surface area contributed by atoms with Crippen molar-refractivity contribution in [1.82, 2.24) is 4.98 Å². The number of aromatic amines is 1. The second-order valence-corrected chi connectivity index (χ2v) is 3.79. The van der Waals surface area contributed by atoms with E-state index in [9.17, 15) is 9.59 Å². The molecule has 1 heterocycles. The van der Waals surface area contributed by atoms with E-state index >= 15 is 0 Å². The van der Waals surface area contributed by atoms with Crippen LogP contribution in [0.1, 0.15) is 10.4 Å². The molecule has 0 unspecified atom stereocenters. The molecule has 0 atom stereocenters. The first-order valence-corrected chi connectivity index (χ1v) is 5.58. The summed E-state index contributed by atoms with van der Waals surface area (Å²) in [5.41, 5.74) is 2.95. The van der Waals surface area contributed by atoms with Crippen LogP contribution in [-0.4, -0.2) is 17.6 Å². The number of anilines is 1. The smallest absolute Gasteiger partial charge is 0.343 e. The average molecular weight is 259 g/mol. The third kappa shape index (κ3) is 2.34. The molecule has 1 aromatic heterocycles. The van der Waals surface area contributed by atoms with Crippen LogP contribution < -0.4 is 16.7 Å². The van der Waals surface area contributed by atoms with Gasteiger partial charge in [0.1, 0.15) is 12.2 Å². The third-order valence-electron chi connectivity index (χ3n) is 2.62. The zero-order chi connectivity index (χ0) is 13.8. The molecule has 1 aromatic carbocycles. The summed E-state index contributed by atoms with van der Waals surface area (Å²) in [6, 6.07) is 5.11. The third-order valence-corrected chi connectivity index (χ3v) is 2.62. The fourth-order valence-electron chi connectivity index (χ4n) is 1.75. The van der Waals surface area contributed by atoms with Crippen LogP contribution in [0.3, 0.4) is 0 Å². The van der Waals surface area contributed by atoms with Crippen LogP contribution in [-0.2, 0) is 4.74 Å². The summed E-state index contributed by atoms with van der Waals surface area (Å²) in [5.74, 6) is 4.66. The quantitative estimate of drug-likeness (QED) is 0.331.